The second kappa shape index (κ2) is 13.3. The molecule has 7 heterocycles. The Balaban J connectivity index is 0.000000164. The highest BCUT2D eigenvalue weighted by Gasteiger charge is 2.49. The number of hydrogen-bond acceptors (Lipinski definition) is 13. The number of aliphatic imine (C=N–C) groups is 2. The minimum Gasteiger partial charge on any atom is -0.462 e. The fourth-order valence-electron chi connectivity index (χ4n) is 6.37. The third-order valence-electron chi connectivity index (χ3n) is 9.16. The van der Waals surface area contributed by atoms with Crippen LogP contribution in [-0.4, -0.2) is 57.9 Å². The molecular formula is C38H30BrIN8O5. The van der Waals surface area contributed by atoms with Crippen LogP contribution in [0.15, 0.2) is 94.1 Å². The molecule has 0 unspecified atom stereocenters. The molecule has 53 heavy (non-hydrogen) atoms. The lowest BCUT2D eigenvalue weighted by molar-refractivity contribution is 0.0741. The highest BCUT2D eigenvalue weighted by atomic mass is 127. The maximum Gasteiger partial charge on any atom is 0.283 e. The van der Waals surface area contributed by atoms with Gasteiger partial charge in [0.25, 0.3) is 12.0 Å². The maximum absolute atomic E-state index is 6.13. The Morgan fingerprint density at radius 2 is 1.38 bits per heavy atom. The molecule has 5 aromatic rings. The van der Waals surface area contributed by atoms with Crippen LogP contribution in [0.4, 0.5) is 0 Å². The van der Waals surface area contributed by atoms with E-state index in [-0.39, 0.29) is 18.7 Å². The molecule has 4 N–H and O–H groups in total. The number of pyridine rings is 2. The molecule has 15 heteroatoms. The van der Waals surface area contributed by atoms with Crippen LogP contribution in [0.25, 0.3) is 11.1 Å². The van der Waals surface area contributed by atoms with Gasteiger partial charge in [0.05, 0.1) is 11.1 Å². The number of halogens is 2. The van der Waals surface area contributed by atoms with Crippen LogP contribution in [0, 0.1) is 15.4 Å². The summed E-state index contributed by atoms with van der Waals surface area (Å²) < 4.78 is 30.5. The average molecular weight is 886 g/mol. The molecule has 4 aliphatic heterocycles. The van der Waals surface area contributed by atoms with Crippen LogP contribution in [-0.2, 0) is 25.3 Å². The molecule has 0 saturated carbocycles. The van der Waals surface area contributed by atoms with E-state index in [1.807, 2.05) is 62.4 Å². The van der Waals surface area contributed by atoms with Gasteiger partial charge in [0.1, 0.15) is 36.6 Å². The summed E-state index contributed by atoms with van der Waals surface area (Å²) in [7, 11) is 1.63. The third kappa shape index (κ3) is 6.30. The standard InChI is InChI=1S/C24H21N5O3.C14H9BrIN3O2/c1-23(2,30-3)7-6-15-8-19-21(28-10-15)32-20-5-4-16(17-11-26-14-27-12-17)9-18(20)24(19)13-31-22(25)29-24;15-7-3-10-12(18-5-7)21-11-2-1-8(16)4-9(11)14(10)6-20-13(17)19-14/h4-5,8-12,14H,13H2,1-3H3,(H2,25,29);1-5H,6H2,(H2,17,19)/t24-;14-/m00/s1. The Hall–Kier alpha value is -5.31. The van der Waals surface area contributed by atoms with Crippen molar-refractivity contribution in [1.29, 1.82) is 0 Å². The van der Waals surface area contributed by atoms with Crippen molar-refractivity contribution in [3.05, 3.63) is 116 Å². The Labute approximate surface area is 326 Å². The van der Waals surface area contributed by atoms with Crippen molar-refractivity contribution in [2.24, 2.45) is 21.5 Å². The van der Waals surface area contributed by atoms with Crippen molar-refractivity contribution >= 4 is 50.6 Å². The molecule has 0 fully saturated rings. The van der Waals surface area contributed by atoms with Gasteiger partial charge in [0, 0.05) is 62.2 Å². The topological polar surface area (TPSA) is 174 Å². The van der Waals surface area contributed by atoms with Gasteiger partial charge in [0.2, 0.25) is 11.8 Å². The molecule has 4 aliphatic rings. The molecule has 2 aromatic carbocycles. The van der Waals surface area contributed by atoms with Crippen molar-refractivity contribution in [3.8, 4) is 46.2 Å². The number of ether oxygens (including phenoxy) is 5. The second-order valence-electron chi connectivity index (χ2n) is 12.9. The first kappa shape index (κ1) is 34.8. The first-order chi connectivity index (χ1) is 25.5. The fraction of sp³-hybridized carbons (Fsp3) is 0.211. The molecule has 0 amide bonds. The molecule has 2 atom stereocenters. The summed E-state index contributed by atoms with van der Waals surface area (Å²) in [5, 5.41) is 0. The van der Waals surface area contributed by atoms with E-state index in [9.17, 15) is 0 Å². The van der Waals surface area contributed by atoms with E-state index in [0.29, 0.717) is 29.7 Å². The zero-order valence-corrected chi connectivity index (χ0v) is 32.3. The Morgan fingerprint density at radius 3 is 2.00 bits per heavy atom. The van der Waals surface area contributed by atoms with Gasteiger partial charge in [-0.2, -0.15) is 0 Å². The number of rotatable bonds is 2. The summed E-state index contributed by atoms with van der Waals surface area (Å²) >= 11 is 5.72. The second-order valence-corrected chi connectivity index (χ2v) is 15.1. The molecule has 3 aromatic heterocycles. The molecular weight excluding hydrogens is 855 g/mol. The number of amidine groups is 2. The van der Waals surface area contributed by atoms with E-state index in [0.717, 1.165) is 47.2 Å². The summed E-state index contributed by atoms with van der Waals surface area (Å²) in [6.45, 7) is 4.38. The zero-order valence-electron chi connectivity index (χ0n) is 28.6. The van der Waals surface area contributed by atoms with Crippen molar-refractivity contribution in [2.75, 3.05) is 20.3 Å². The SMILES string of the molecule is COC(C)(C)C#Cc1cnc2c(c1)[C@]1(COC(N)=N1)c1cc(-c3cncnc3)ccc1O2.NC1=N[C@@]2(CO1)c1cc(I)ccc1Oc1ncc(Br)cc12. The Kier molecular flexibility index (Phi) is 8.71. The van der Waals surface area contributed by atoms with Crippen LogP contribution in [0.1, 0.15) is 41.7 Å². The minimum atomic E-state index is -0.889. The first-order valence-electron chi connectivity index (χ1n) is 16.3. The highest BCUT2D eigenvalue weighted by molar-refractivity contribution is 14.1. The Bertz CT molecular complexity index is 2360. The molecule has 9 rings (SSSR count). The largest absolute Gasteiger partial charge is 0.462 e. The fourth-order valence-corrected chi connectivity index (χ4v) is 7.20. The highest BCUT2D eigenvalue weighted by Crippen LogP contribution is 2.52. The van der Waals surface area contributed by atoms with Gasteiger partial charge in [-0.15, -0.1) is 0 Å². The van der Waals surface area contributed by atoms with Gasteiger partial charge in [-0.25, -0.2) is 29.9 Å². The van der Waals surface area contributed by atoms with E-state index in [1.54, 1.807) is 31.9 Å². The first-order valence-corrected chi connectivity index (χ1v) is 18.1. The number of methoxy groups -OCH3 is 1. The van der Waals surface area contributed by atoms with E-state index >= 15 is 0 Å². The lowest BCUT2D eigenvalue weighted by Crippen LogP contribution is -2.31. The summed E-state index contributed by atoms with van der Waals surface area (Å²) in [4.78, 5) is 26.4. The summed E-state index contributed by atoms with van der Waals surface area (Å²) in [6.07, 6.45) is 8.39. The molecule has 0 aliphatic carbocycles. The van der Waals surface area contributed by atoms with Crippen molar-refractivity contribution in [2.45, 2.75) is 30.5 Å². The van der Waals surface area contributed by atoms with Crippen molar-refractivity contribution in [3.63, 3.8) is 0 Å². The van der Waals surface area contributed by atoms with E-state index in [2.05, 4.69) is 75.3 Å². The molecule has 0 bridgehead atoms. The smallest absolute Gasteiger partial charge is 0.283 e. The van der Waals surface area contributed by atoms with E-state index in [4.69, 9.17) is 40.1 Å². The number of nitrogens with zero attached hydrogens (tertiary/aromatic N) is 6. The van der Waals surface area contributed by atoms with Gasteiger partial charge in [-0.1, -0.05) is 17.9 Å². The third-order valence-corrected chi connectivity index (χ3v) is 10.3. The number of benzene rings is 2. The quantitative estimate of drug-likeness (QED) is 0.154. The molecule has 0 radical (unpaired) electrons. The van der Waals surface area contributed by atoms with Gasteiger partial charge >= 0.3 is 0 Å². The van der Waals surface area contributed by atoms with Crippen LogP contribution in [0.2, 0.25) is 0 Å². The molecule has 266 valence electrons. The maximum atomic E-state index is 6.13. The molecule has 2 spiro atoms. The summed E-state index contributed by atoms with van der Waals surface area (Å²) in [6, 6.07) is 16.0. The number of aromatic nitrogens is 4. The Morgan fingerprint density at radius 1 is 0.774 bits per heavy atom. The van der Waals surface area contributed by atoms with Crippen molar-refractivity contribution in [1.82, 2.24) is 19.9 Å². The van der Waals surface area contributed by atoms with Crippen LogP contribution >= 0.6 is 38.5 Å². The van der Waals surface area contributed by atoms with E-state index in [1.165, 1.54) is 6.33 Å². The monoisotopic (exact) mass is 884 g/mol. The number of nitrogens with two attached hydrogens (primary N) is 2. The normalized spacial score (nSPS) is 19.9. The van der Waals surface area contributed by atoms with Gasteiger partial charge in [-0.3, -0.25) is 0 Å². The number of fused-ring (bicyclic) bond motifs is 8. The lowest BCUT2D eigenvalue weighted by atomic mass is 9.81. The van der Waals surface area contributed by atoms with Gasteiger partial charge in [-0.05, 0) is 100 Å². The molecule has 13 nitrogen and oxygen atoms in total. The predicted molar refractivity (Wildman–Crippen MR) is 208 cm³/mol. The summed E-state index contributed by atoms with van der Waals surface area (Å²) in [5.41, 5.74) is 15.5. The zero-order chi connectivity index (χ0) is 37.0. The van der Waals surface area contributed by atoms with E-state index < -0.39 is 16.7 Å². The van der Waals surface area contributed by atoms with Crippen molar-refractivity contribution < 1.29 is 23.7 Å². The van der Waals surface area contributed by atoms with Crippen LogP contribution < -0.4 is 20.9 Å². The lowest BCUT2D eigenvalue weighted by Gasteiger charge is -2.33. The minimum absolute atomic E-state index is 0.120. The summed E-state index contributed by atoms with van der Waals surface area (Å²) in [5.74, 6) is 8.61. The predicted octanol–water partition coefficient (Wildman–Crippen LogP) is 6.15. The van der Waals surface area contributed by atoms with Crippen LogP contribution in [0.3, 0.4) is 0 Å². The van der Waals surface area contributed by atoms with Gasteiger partial charge < -0.3 is 35.2 Å². The van der Waals surface area contributed by atoms with Gasteiger partial charge in [0.15, 0.2) is 11.1 Å². The molecule has 0 saturated heterocycles. The van der Waals surface area contributed by atoms with Crippen LogP contribution in [0.5, 0.6) is 23.3 Å². The average Bonchev–Trinajstić information content (AvgIpc) is 3.75. The number of hydrogen-bond donors (Lipinski definition) is 2.